The van der Waals surface area contributed by atoms with E-state index in [9.17, 15) is 4.79 Å². The van der Waals surface area contributed by atoms with Gasteiger partial charge in [-0.2, -0.15) is 0 Å². The molecule has 112 valence electrons. The van der Waals surface area contributed by atoms with Crippen LogP contribution >= 0.6 is 50.3 Å². The second-order valence-corrected chi connectivity index (χ2v) is 7.67. The topological polar surface area (TPSA) is 57.8 Å². The van der Waals surface area contributed by atoms with Crippen molar-refractivity contribution < 1.29 is 4.79 Å². The van der Waals surface area contributed by atoms with E-state index in [1.165, 1.54) is 11.8 Å². The highest BCUT2D eigenvalue weighted by Gasteiger charge is 2.08. The lowest BCUT2D eigenvalue weighted by Gasteiger charge is -2.04. The van der Waals surface area contributed by atoms with Crippen molar-refractivity contribution in [2.24, 2.45) is 0 Å². The zero-order chi connectivity index (χ0) is 15.5. The van der Waals surface area contributed by atoms with E-state index in [1.54, 1.807) is 0 Å². The molecule has 0 aliphatic carbocycles. The molecule has 22 heavy (non-hydrogen) atoms. The van der Waals surface area contributed by atoms with Gasteiger partial charge in [-0.1, -0.05) is 27.7 Å². The first-order valence-electron chi connectivity index (χ1n) is 6.44. The van der Waals surface area contributed by atoms with Crippen molar-refractivity contribution in [2.45, 2.75) is 5.16 Å². The van der Waals surface area contributed by atoms with Crippen molar-refractivity contribution in [3.8, 4) is 0 Å². The number of hydrogen-bond donors (Lipinski definition) is 2. The van der Waals surface area contributed by atoms with E-state index in [-0.39, 0.29) is 5.91 Å². The molecular formula is C15H11BrIN3OS. The number of carbonyl (C=O) groups is 1. The van der Waals surface area contributed by atoms with Crippen LogP contribution < -0.4 is 5.32 Å². The fourth-order valence-corrected chi connectivity index (χ4v) is 3.30. The first kappa shape index (κ1) is 15.8. The molecule has 3 aromatic rings. The number of fused-ring (bicyclic) bond motifs is 1. The lowest BCUT2D eigenvalue weighted by atomic mass is 10.3. The van der Waals surface area contributed by atoms with Gasteiger partial charge in [0, 0.05) is 13.7 Å². The van der Waals surface area contributed by atoms with Gasteiger partial charge in [0.2, 0.25) is 5.91 Å². The van der Waals surface area contributed by atoms with Crippen LogP contribution in [-0.4, -0.2) is 21.6 Å². The molecule has 0 aliphatic heterocycles. The smallest absolute Gasteiger partial charge is 0.234 e. The summed E-state index contributed by atoms with van der Waals surface area (Å²) in [6.45, 7) is 0. The summed E-state index contributed by atoms with van der Waals surface area (Å²) in [6.07, 6.45) is 0. The van der Waals surface area contributed by atoms with Crippen LogP contribution in [0.15, 0.2) is 52.1 Å². The average Bonchev–Trinajstić information content (AvgIpc) is 2.89. The number of benzene rings is 2. The normalized spacial score (nSPS) is 10.8. The van der Waals surface area contributed by atoms with E-state index in [4.69, 9.17) is 0 Å². The predicted octanol–water partition coefficient (Wildman–Crippen LogP) is 4.66. The summed E-state index contributed by atoms with van der Waals surface area (Å²) in [5.41, 5.74) is 2.65. The Balaban J connectivity index is 1.61. The Kier molecular flexibility index (Phi) is 5.04. The van der Waals surface area contributed by atoms with Crippen molar-refractivity contribution in [2.75, 3.05) is 11.1 Å². The van der Waals surface area contributed by atoms with E-state index >= 15 is 0 Å². The van der Waals surface area contributed by atoms with Crippen LogP contribution in [0.5, 0.6) is 0 Å². The highest BCUT2D eigenvalue weighted by atomic mass is 127. The maximum atomic E-state index is 12.0. The second-order valence-electron chi connectivity index (χ2n) is 4.55. The Hall–Kier alpha value is -1.06. The molecule has 2 N–H and O–H groups in total. The molecule has 1 aromatic heterocycles. The summed E-state index contributed by atoms with van der Waals surface area (Å²) in [7, 11) is 0. The Morgan fingerprint density at radius 2 is 2.05 bits per heavy atom. The number of amides is 1. The number of imidazole rings is 1. The highest BCUT2D eigenvalue weighted by Crippen LogP contribution is 2.22. The second kappa shape index (κ2) is 7.01. The Labute approximate surface area is 153 Å². The molecule has 7 heteroatoms. The Bertz CT molecular complexity index is 819. The quantitative estimate of drug-likeness (QED) is 0.415. The number of aromatic nitrogens is 2. The number of halogens is 2. The molecule has 4 nitrogen and oxygen atoms in total. The number of nitrogens with one attached hydrogen (secondary N) is 2. The fraction of sp³-hybridized carbons (Fsp3) is 0.0667. The van der Waals surface area contributed by atoms with Gasteiger partial charge >= 0.3 is 0 Å². The fourth-order valence-electron chi connectivity index (χ4n) is 1.89. The Morgan fingerprint density at radius 3 is 2.82 bits per heavy atom. The number of aromatic amines is 1. The van der Waals surface area contributed by atoms with Crippen LogP contribution in [0.1, 0.15) is 0 Å². The minimum Gasteiger partial charge on any atom is -0.333 e. The van der Waals surface area contributed by atoms with Crippen molar-refractivity contribution in [1.82, 2.24) is 9.97 Å². The van der Waals surface area contributed by atoms with Crippen LogP contribution in [0.2, 0.25) is 0 Å². The number of anilines is 1. The molecule has 0 saturated carbocycles. The van der Waals surface area contributed by atoms with Crippen molar-refractivity contribution in [3.05, 3.63) is 50.5 Å². The van der Waals surface area contributed by atoms with Gasteiger partial charge in [-0.15, -0.1) is 0 Å². The van der Waals surface area contributed by atoms with Gasteiger partial charge in [0.05, 0.1) is 16.8 Å². The number of rotatable bonds is 4. The van der Waals surface area contributed by atoms with Gasteiger partial charge in [0.25, 0.3) is 0 Å². The molecule has 0 aliphatic rings. The summed E-state index contributed by atoms with van der Waals surface area (Å²) in [5.74, 6) is 0.264. The average molecular weight is 488 g/mol. The lowest BCUT2D eigenvalue weighted by Crippen LogP contribution is -2.14. The molecule has 3 rings (SSSR count). The Morgan fingerprint density at radius 1 is 1.27 bits per heavy atom. The standard InChI is InChI=1S/C15H11BrIN3OS/c16-9-1-6-12-13(7-9)20-15(19-12)22-8-14(21)18-11-4-2-10(17)3-5-11/h1-7H,8H2,(H,18,21)(H,19,20). The first-order valence-corrected chi connectivity index (χ1v) is 9.29. The van der Waals surface area contributed by atoms with Crippen molar-refractivity contribution >= 4 is 72.9 Å². The molecule has 2 aromatic carbocycles. The summed E-state index contributed by atoms with van der Waals surface area (Å²) in [4.78, 5) is 19.6. The zero-order valence-corrected chi connectivity index (χ0v) is 15.8. The third kappa shape index (κ3) is 4.02. The number of nitrogens with zero attached hydrogens (tertiary/aromatic N) is 1. The van der Waals surface area contributed by atoms with E-state index in [2.05, 4.69) is 53.8 Å². The number of carbonyl (C=O) groups excluding carboxylic acids is 1. The minimum atomic E-state index is -0.0483. The number of hydrogen-bond acceptors (Lipinski definition) is 3. The molecule has 0 atom stereocenters. The molecular weight excluding hydrogens is 477 g/mol. The lowest BCUT2D eigenvalue weighted by molar-refractivity contribution is -0.113. The minimum absolute atomic E-state index is 0.0483. The van der Waals surface area contributed by atoms with Crippen LogP contribution in [0, 0.1) is 3.57 Å². The van der Waals surface area contributed by atoms with Crippen LogP contribution in [0.4, 0.5) is 5.69 Å². The monoisotopic (exact) mass is 487 g/mol. The highest BCUT2D eigenvalue weighted by molar-refractivity contribution is 14.1. The molecule has 0 saturated heterocycles. The largest absolute Gasteiger partial charge is 0.333 e. The molecule has 0 bridgehead atoms. The molecule has 0 fully saturated rings. The molecule has 0 unspecified atom stereocenters. The summed E-state index contributed by atoms with van der Waals surface area (Å²) < 4.78 is 2.13. The SMILES string of the molecule is O=C(CSc1nc2ccc(Br)cc2[nH]1)Nc1ccc(I)cc1. The molecule has 1 amide bonds. The number of H-pyrrole nitrogens is 1. The van der Waals surface area contributed by atoms with E-state index in [1.807, 2.05) is 42.5 Å². The van der Waals surface area contributed by atoms with Gasteiger partial charge < -0.3 is 10.3 Å². The van der Waals surface area contributed by atoms with Gasteiger partial charge in [0.1, 0.15) is 0 Å². The maximum Gasteiger partial charge on any atom is 0.234 e. The summed E-state index contributed by atoms with van der Waals surface area (Å²) in [6, 6.07) is 13.6. The van der Waals surface area contributed by atoms with E-state index in [0.717, 1.165) is 29.9 Å². The van der Waals surface area contributed by atoms with E-state index in [0.29, 0.717) is 5.75 Å². The molecule has 0 spiro atoms. The van der Waals surface area contributed by atoms with Crippen molar-refractivity contribution in [3.63, 3.8) is 0 Å². The van der Waals surface area contributed by atoms with Crippen molar-refractivity contribution in [1.29, 1.82) is 0 Å². The van der Waals surface area contributed by atoms with Crippen LogP contribution in [0.25, 0.3) is 11.0 Å². The van der Waals surface area contributed by atoms with Crippen LogP contribution in [0.3, 0.4) is 0 Å². The van der Waals surface area contributed by atoms with Gasteiger partial charge in [-0.3, -0.25) is 4.79 Å². The summed E-state index contributed by atoms with van der Waals surface area (Å²) >= 11 is 7.04. The molecule has 1 heterocycles. The summed E-state index contributed by atoms with van der Waals surface area (Å²) in [5, 5.41) is 3.61. The third-order valence-corrected chi connectivity index (χ3v) is 4.98. The van der Waals surface area contributed by atoms with Crippen LogP contribution in [-0.2, 0) is 4.79 Å². The predicted molar refractivity (Wildman–Crippen MR) is 102 cm³/mol. The van der Waals surface area contributed by atoms with Gasteiger partial charge in [0.15, 0.2) is 5.16 Å². The first-order chi connectivity index (χ1) is 10.6. The van der Waals surface area contributed by atoms with Gasteiger partial charge in [-0.25, -0.2) is 4.98 Å². The van der Waals surface area contributed by atoms with Gasteiger partial charge in [-0.05, 0) is 65.1 Å². The number of thioether (sulfide) groups is 1. The molecule has 0 radical (unpaired) electrons. The zero-order valence-electron chi connectivity index (χ0n) is 11.3. The third-order valence-electron chi connectivity index (χ3n) is 2.89. The maximum absolute atomic E-state index is 12.0. The van der Waals surface area contributed by atoms with E-state index < -0.39 is 0 Å².